The second kappa shape index (κ2) is 5.16. The standard InChI is InChI=1S/C19H21NO2/c1-13(21)19(2,3)12-20-17-8-6-5-7-15(17)16-10-9-14(22-4)11-18(16)20/h5-11H,12H2,1-4H3. The highest BCUT2D eigenvalue weighted by molar-refractivity contribution is 6.08. The van der Waals surface area contributed by atoms with Crippen LogP contribution in [0.25, 0.3) is 21.8 Å². The molecule has 1 heterocycles. The van der Waals surface area contributed by atoms with Gasteiger partial charge in [-0.05, 0) is 25.1 Å². The number of carbonyl (C=O) groups excluding carboxylic acids is 1. The summed E-state index contributed by atoms with van der Waals surface area (Å²) in [6.07, 6.45) is 0. The Kier molecular flexibility index (Phi) is 3.44. The fourth-order valence-corrected chi connectivity index (χ4v) is 2.83. The van der Waals surface area contributed by atoms with Crippen LogP contribution < -0.4 is 4.74 Å². The fraction of sp³-hybridized carbons (Fsp3) is 0.316. The van der Waals surface area contributed by atoms with Crippen molar-refractivity contribution in [3.05, 3.63) is 42.5 Å². The molecule has 0 amide bonds. The number of Topliss-reactive ketones (excluding diaryl/α,β-unsaturated/α-hetero) is 1. The number of ketones is 1. The fourth-order valence-electron chi connectivity index (χ4n) is 2.83. The average Bonchev–Trinajstić information content (AvgIpc) is 2.80. The van der Waals surface area contributed by atoms with E-state index in [1.807, 2.05) is 38.1 Å². The van der Waals surface area contributed by atoms with Crippen molar-refractivity contribution in [1.29, 1.82) is 0 Å². The molecule has 0 saturated carbocycles. The summed E-state index contributed by atoms with van der Waals surface area (Å²) in [4.78, 5) is 11.9. The molecule has 0 bridgehead atoms. The lowest BCUT2D eigenvalue weighted by atomic mass is 9.89. The van der Waals surface area contributed by atoms with Gasteiger partial charge < -0.3 is 9.30 Å². The molecular weight excluding hydrogens is 274 g/mol. The number of benzene rings is 2. The Bertz CT molecular complexity index is 858. The SMILES string of the molecule is COc1ccc2c3ccccc3n(CC(C)(C)C(C)=O)c2c1. The smallest absolute Gasteiger partial charge is 0.137 e. The van der Waals surface area contributed by atoms with Gasteiger partial charge in [0.1, 0.15) is 11.5 Å². The third kappa shape index (κ3) is 2.27. The maximum Gasteiger partial charge on any atom is 0.137 e. The second-order valence-electron chi connectivity index (χ2n) is 6.43. The van der Waals surface area contributed by atoms with Crippen LogP contribution in [0.2, 0.25) is 0 Å². The first-order valence-electron chi connectivity index (χ1n) is 7.50. The van der Waals surface area contributed by atoms with E-state index in [0.29, 0.717) is 6.54 Å². The van der Waals surface area contributed by atoms with Crippen LogP contribution in [-0.4, -0.2) is 17.5 Å². The highest BCUT2D eigenvalue weighted by Crippen LogP contribution is 2.34. The molecule has 3 nitrogen and oxygen atoms in total. The van der Waals surface area contributed by atoms with Gasteiger partial charge in [0.15, 0.2) is 0 Å². The zero-order valence-corrected chi connectivity index (χ0v) is 13.5. The normalized spacial score (nSPS) is 12.0. The molecular formula is C19H21NO2. The predicted octanol–water partition coefficient (Wildman–Crippen LogP) is 4.42. The quantitative estimate of drug-likeness (QED) is 0.713. The monoisotopic (exact) mass is 295 g/mol. The minimum Gasteiger partial charge on any atom is -0.497 e. The van der Waals surface area contributed by atoms with E-state index in [4.69, 9.17) is 4.74 Å². The van der Waals surface area contributed by atoms with E-state index in [-0.39, 0.29) is 5.78 Å². The molecule has 0 aliphatic carbocycles. The molecule has 2 aromatic carbocycles. The maximum absolute atomic E-state index is 11.9. The van der Waals surface area contributed by atoms with E-state index in [1.165, 1.54) is 10.8 Å². The summed E-state index contributed by atoms with van der Waals surface area (Å²) in [5.41, 5.74) is 1.85. The van der Waals surface area contributed by atoms with Crippen molar-refractivity contribution in [2.75, 3.05) is 7.11 Å². The molecule has 0 N–H and O–H groups in total. The Morgan fingerprint density at radius 3 is 2.45 bits per heavy atom. The summed E-state index contributed by atoms with van der Waals surface area (Å²) in [5, 5.41) is 2.40. The molecule has 0 radical (unpaired) electrons. The Balaban J connectivity index is 2.31. The predicted molar refractivity (Wildman–Crippen MR) is 90.5 cm³/mol. The minimum atomic E-state index is -0.405. The Morgan fingerprint density at radius 2 is 1.77 bits per heavy atom. The van der Waals surface area contributed by atoms with E-state index in [9.17, 15) is 4.79 Å². The third-order valence-electron chi connectivity index (χ3n) is 4.49. The van der Waals surface area contributed by atoms with Crippen LogP contribution in [0.5, 0.6) is 5.75 Å². The number of nitrogens with zero attached hydrogens (tertiary/aromatic N) is 1. The van der Waals surface area contributed by atoms with Crippen molar-refractivity contribution >= 4 is 27.6 Å². The van der Waals surface area contributed by atoms with Crippen LogP contribution >= 0.6 is 0 Å². The third-order valence-corrected chi connectivity index (χ3v) is 4.49. The molecule has 0 spiro atoms. The van der Waals surface area contributed by atoms with Crippen LogP contribution in [-0.2, 0) is 11.3 Å². The number of rotatable bonds is 4. The number of hydrogen-bond donors (Lipinski definition) is 0. The molecule has 0 aliphatic heterocycles. The van der Waals surface area contributed by atoms with Crippen LogP contribution in [0, 0.1) is 5.41 Å². The van der Waals surface area contributed by atoms with Crippen molar-refractivity contribution in [3.8, 4) is 5.75 Å². The van der Waals surface area contributed by atoms with Crippen molar-refractivity contribution in [3.63, 3.8) is 0 Å². The summed E-state index contributed by atoms with van der Waals surface area (Å²) in [5.74, 6) is 1.03. The van der Waals surface area contributed by atoms with Crippen LogP contribution in [0.3, 0.4) is 0 Å². The first-order valence-corrected chi connectivity index (χ1v) is 7.50. The highest BCUT2D eigenvalue weighted by Gasteiger charge is 2.26. The molecule has 1 aromatic heterocycles. The Hall–Kier alpha value is -2.29. The van der Waals surface area contributed by atoms with Gasteiger partial charge in [-0.2, -0.15) is 0 Å². The van der Waals surface area contributed by atoms with Gasteiger partial charge in [-0.25, -0.2) is 0 Å². The Morgan fingerprint density at radius 1 is 1.09 bits per heavy atom. The molecule has 3 aromatic rings. The van der Waals surface area contributed by atoms with Gasteiger partial charge in [0.2, 0.25) is 0 Å². The van der Waals surface area contributed by atoms with Gasteiger partial charge in [-0.3, -0.25) is 4.79 Å². The zero-order valence-electron chi connectivity index (χ0n) is 13.5. The van der Waals surface area contributed by atoms with Gasteiger partial charge in [-0.15, -0.1) is 0 Å². The van der Waals surface area contributed by atoms with Crippen LogP contribution in [0.1, 0.15) is 20.8 Å². The van der Waals surface area contributed by atoms with E-state index in [0.717, 1.165) is 16.8 Å². The molecule has 0 aliphatic rings. The summed E-state index contributed by atoms with van der Waals surface area (Å²) in [6.45, 7) is 6.31. The van der Waals surface area contributed by atoms with E-state index in [2.05, 4.69) is 22.8 Å². The summed E-state index contributed by atoms with van der Waals surface area (Å²) in [7, 11) is 1.67. The first kappa shape index (κ1) is 14.6. The number of carbonyl (C=O) groups is 1. The van der Waals surface area contributed by atoms with E-state index in [1.54, 1.807) is 14.0 Å². The number of methoxy groups -OCH3 is 1. The molecule has 3 rings (SSSR count). The van der Waals surface area contributed by atoms with Crippen molar-refractivity contribution in [2.45, 2.75) is 27.3 Å². The second-order valence-corrected chi connectivity index (χ2v) is 6.43. The number of aromatic nitrogens is 1. The van der Waals surface area contributed by atoms with Gasteiger partial charge >= 0.3 is 0 Å². The number of fused-ring (bicyclic) bond motifs is 3. The van der Waals surface area contributed by atoms with Crippen molar-refractivity contribution in [2.24, 2.45) is 5.41 Å². The van der Waals surface area contributed by atoms with E-state index < -0.39 is 5.41 Å². The Labute approximate surface area is 130 Å². The molecule has 114 valence electrons. The number of hydrogen-bond acceptors (Lipinski definition) is 2. The number of para-hydroxylation sites is 1. The minimum absolute atomic E-state index is 0.196. The average molecular weight is 295 g/mol. The van der Waals surface area contributed by atoms with Gasteiger partial charge in [0, 0.05) is 34.3 Å². The first-order chi connectivity index (χ1) is 10.4. The molecule has 0 unspecified atom stereocenters. The van der Waals surface area contributed by atoms with Gasteiger partial charge in [0.25, 0.3) is 0 Å². The number of ether oxygens (including phenoxy) is 1. The zero-order chi connectivity index (χ0) is 15.9. The molecule has 3 heteroatoms. The molecule has 0 atom stereocenters. The lowest BCUT2D eigenvalue weighted by Crippen LogP contribution is -2.27. The lowest BCUT2D eigenvalue weighted by Gasteiger charge is -2.23. The van der Waals surface area contributed by atoms with Crippen LogP contribution in [0.4, 0.5) is 0 Å². The van der Waals surface area contributed by atoms with E-state index >= 15 is 0 Å². The van der Waals surface area contributed by atoms with Gasteiger partial charge in [0.05, 0.1) is 12.6 Å². The molecule has 22 heavy (non-hydrogen) atoms. The molecule has 0 saturated heterocycles. The lowest BCUT2D eigenvalue weighted by molar-refractivity contribution is -0.125. The summed E-state index contributed by atoms with van der Waals surface area (Å²) in [6, 6.07) is 14.4. The van der Waals surface area contributed by atoms with Gasteiger partial charge in [-0.1, -0.05) is 32.0 Å². The maximum atomic E-state index is 11.9. The topological polar surface area (TPSA) is 31.2 Å². The molecule has 0 fully saturated rings. The summed E-state index contributed by atoms with van der Waals surface area (Å²) >= 11 is 0. The largest absolute Gasteiger partial charge is 0.497 e. The van der Waals surface area contributed by atoms with Crippen molar-refractivity contribution < 1.29 is 9.53 Å². The van der Waals surface area contributed by atoms with Crippen molar-refractivity contribution in [1.82, 2.24) is 4.57 Å². The summed E-state index contributed by atoms with van der Waals surface area (Å²) < 4.78 is 7.60. The van der Waals surface area contributed by atoms with Crippen LogP contribution in [0.15, 0.2) is 42.5 Å². The highest BCUT2D eigenvalue weighted by atomic mass is 16.5.